The van der Waals surface area contributed by atoms with Crippen molar-refractivity contribution in [2.45, 2.75) is 25.1 Å². The molecule has 1 aliphatic rings. The van der Waals surface area contributed by atoms with Gasteiger partial charge >= 0.3 is 0 Å². The lowest BCUT2D eigenvalue weighted by atomic mass is 9.91. The van der Waals surface area contributed by atoms with E-state index in [1.807, 2.05) is 19.9 Å². The van der Waals surface area contributed by atoms with Crippen LogP contribution in [0.3, 0.4) is 0 Å². The molecule has 1 aromatic carbocycles. The Morgan fingerprint density at radius 1 is 1.29 bits per heavy atom. The Morgan fingerprint density at radius 2 is 2.00 bits per heavy atom. The molecule has 74 valence electrons. The summed E-state index contributed by atoms with van der Waals surface area (Å²) in [5, 5.41) is 0. The van der Waals surface area contributed by atoms with Crippen LogP contribution >= 0.6 is 11.6 Å². The minimum atomic E-state index is -0.365. The standard InChI is InChI=1S/C12H14ClN/c1-12(2,13)11-10-6-4-3-5-9(10)7-8-14-11/h3-6H,7-8H2,1-2H3. The van der Waals surface area contributed by atoms with Crippen LogP contribution in [0.1, 0.15) is 25.0 Å². The van der Waals surface area contributed by atoms with Crippen molar-refractivity contribution >= 4 is 17.3 Å². The van der Waals surface area contributed by atoms with Crippen LogP contribution in [-0.4, -0.2) is 17.1 Å². The van der Waals surface area contributed by atoms with Crippen molar-refractivity contribution in [1.82, 2.24) is 0 Å². The zero-order valence-electron chi connectivity index (χ0n) is 8.55. The Balaban J connectivity index is 2.51. The number of aliphatic imine (C=N–C) groups is 1. The van der Waals surface area contributed by atoms with Gasteiger partial charge in [-0.3, -0.25) is 4.99 Å². The Morgan fingerprint density at radius 3 is 2.71 bits per heavy atom. The highest BCUT2D eigenvalue weighted by atomic mass is 35.5. The molecule has 1 heterocycles. The molecule has 0 N–H and O–H groups in total. The maximum Gasteiger partial charge on any atom is 0.0811 e. The predicted molar refractivity (Wildman–Crippen MR) is 61.5 cm³/mol. The van der Waals surface area contributed by atoms with Crippen molar-refractivity contribution in [2.75, 3.05) is 6.54 Å². The molecule has 0 spiro atoms. The zero-order valence-corrected chi connectivity index (χ0v) is 9.30. The number of halogens is 1. The summed E-state index contributed by atoms with van der Waals surface area (Å²) in [6, 6.07) is 8.38. The molecule has 1 nitrogen and oxygen atoms in total. The minimum absolute atomic E-state index is 0.365. The summed E-state index contributed by atoms with van der Waals surface area (Å²) in [6.07, 6.45) is 1.03. The lowest BCUT2D eigenvalue weighted by molar-refractivity contribution is 0.869. The van der Waals surface area contributed by atoms with E-state index in [9.17, 15) is 0 Å². The lowest BCUT2D eigenvalue weighted by Gasteiger charge is -2.24. The van der Waals surface area contributed by atoms with Gasteiger partial charge in [0.15, 0.2) is 0 Å². The lowest BCUT2D eigenvalue weighted by Crippen LogP contribution is -2.29. The summed E-state index contributed by atoms with van der Waals surface area (Å²) in [5.41, 5.74) is 3.62. The first-order valence-electron chi connectivity index (χ1n) is 4.91. The summed E-state index contributed by atoms with van der Waals surface area (Å²) in [5.74, 6) is 0. The maximum absolute atomic E-state index is 6.31. The first-order valence-corrected chi connectivity index (χ1v) is 5.29. The van der Waals surface area contributed by atoms with Crippen molar-refractivity contribution in [3.05, 3.63) is 35.4 Å². The molecule has 0 aromatic heterocycles. The van der Waals surface area contributed by atoms with E-state index in [1.54, 1.807) is 0 Å². The van der Waals surface area contributed by atoms with Crippen LogP contribution < -0.4 is 0 Å². The topological polar surface area (TPSA) is 12.4 Å². The molecule has 0 bridgehead atoms. The number of rotatable bonds is 1. The van der Waals surface area contributed by atoms with Gasteiger partial charge in [-0.2, -0.15) is 0 Å². The molecule has 0 atom stereocenters. The Kier molecular flexibility index (Phi) is 2.36. The summed E-state index contributed by atoms with van der Waals surface area (Å²) in [6.45, 7) is 4.85. The van der Waals surface area contributed by atoms with Gasteiger partial charge in [0.1, 0.15) is 0 Å². The fraction of sp³-hybridized carbons (Fsp3) is 0.417. The molecule has 2 heteroatoms. The molecule has 1 aromatic rings. The summed E-state index contributed by atoms with van der Waals surface area (Å²) in [7, 11) is 0. The Hall–Kier alpha value is -0.820. The third kappa shape index (κ3) is 1.69. The van der Waals surface area contributed by atoms with Gasteiger partial charge in [0.25, 0.3) is 0 Å². The van der Waals surface area contributed by atoms with Crippen LogP contribution in [0.15, 0.2) is 29.3 Å². The third-order valence-electron chi connectivity index (χ3n) is 2.49. The van der Waals surface area contributed by atoms with E-state index < -0.39 is 0 Å². The van der Waals surface area contributed by atoms with Crippen molar-refractivity contribution in [2.24, 2.45) is 4.99 Å². The highest BCUT2D eigenvalue weighted by Crippen LogP contribution is 2.26. The van der Waals surface area contributed by atoms with Crippen LogP contribution in [-0.2, 0) is 6.42 Å². The van der Waals surface area contributed by atoms with Crippen molar-refractivity contribution < 1.29 is 0 Å². The fourth-order valence-electron chi connectivity index (χ4n) is 1.85. The third-order valence-corrected chi connectivity index (χ3v) is 2.67. The molecule has 0 saturated carbocycles. The van der Waals surface area contributed by atoms with Gasteiger partial charge in [-0.25, -0.2) is 0 Å². The molecule has 14 heavy (non-hydrogen) atoms. The Labute approximate surface area is 89.8 Å². The predicted octanol–water partition coefficient (Wildman–Crippen LogP) is 3.05. The van der Waals surface area contributed by atoms with Crippen LogP contribution in [0, 0.1) is 0 Å². The first kappa shape index (κ1) is 9.72. The average molecular weight is 208 g/mol. The highest BCUT2D eigenvalue weighted by molar-refractivity contribution is 6.38. The largest absolute Gasteiger partial charge is 0.287 e. The quantitative estimate of drug-likeness (QED) is 0.628. The molecule has 2 rings (SSSR count). The smallest absolute Gasteiger partial charge is 0.0811 e. The van der Waals surface area contributed by atoms with Crippen molar-refractivity contribution in [1.29, 1.82) is 0 Å². The van der Waals surface area contributed by atoms with Crippen LogP contribution in [0.4, 0.5) is 0 Å². The minimum Gasteiger partial charge on any atom is -0.287 e. The first-order chi connectivity index (χ1) is 6.59. The molecular formula is C12H14ClN. The molecule has 1 aliphatic heterocycles. The SMILES string of the molecule is CC(C)(Cl)C1=NCCc2ccccc21. The van der Waals surface area contributed by atoms with E-state index in [2.05, 4.69) is 23.2 Å². The van der Waals surface area contributed by atoms with Crippen LogP contribution in [0.25, 0.3) is 0 Å². The van der Waals surface area contributed by atoms with E-state index in [1.165, 1.54) is 11.1 Å². The molecule has 0 radical (unpaired) electrons. The molecule has 0 aliphatic carbocycles. The number of hydrogen-bond acceptors (Lipinski definition) is 1. The van der Waals surface area contributed by atoms with E-state index in [-0.39, 0.29) is 4.87 Å². The molecule has 0 saturated heterocycles. The molecule has 0 unspecified atom stereocenters. The van der Waals surface area contributed by atoms with Gasteiger partial charge in [-0.1, -0.05) is 24.3 Å². The number of fused-ring (bicyclic) bond motifs is 1. The van der Waals surface area contributed by atoms with Gasteiger partial charge < -0.3 is 0 Å². The fourth-order valence-corrected chi connectivity index (χ4v) is 2.01. The Bertz CT molecular complexity index is 374. The second-order valence-corrected chi connectivity index (χ2v) is 5.05. The normalized spacial score (nSPS) is 16.1. The summed E-state index contributed by atoms with van der Waals surface area (Å²) >= 11 is 6.31. The molecule has 0 fully saturated rings. The van der Waals surface area contributed by atoms with Gasteiger partial charge in [-0.05, 0) is 25.8 Å². The van der Waals surface area contributed by atoms with Gasteiger partial charge in [0, 0.05) is 12.1 Å². The number of alkyl halides is 1. The van der Waals surface area contributed by atoms with E-state index in [4.69, 9.17) is 11.6 Å². The van der Waals surface area contributed by atoms with E-state index in [0.717, 1.165) is 18.7 Å². The average Bonchev–Trinajstić information content (AvgIpc) is 2.15. The maximum atomic E-state index is 6.31. The summed E-state index contributed by atoms with van der Waals surface area (Å²) in [4.78, 5) is 4.16. The number of nitrogens with zero attached hydrogens (tertiary/aromatic N) is 1. The van der Waals surface area contributed by atoms with Crippen molar-refractivity contribution in [3.63, 3.8) is 0 Å². The highest BCUT2D eigenvalue weighted by Gasteiger charge is 2.26. The second kappa shape index (κ2) is 3.39. The monoisotopic (exact) mass is 207 g/mol. The summed E-state index contributed by atoms with van der Waals surface area (Å²) < 4.78 is 0. The van der Waals surface area contributed by atoms with Gasteiger partial charge in [0.05, 0.1) is 10.6 Å². The number of hydrogen-bond donors (Lipinski definition) is 0. The van der Waals surface area contributed by atoms with Gasteiger partial charge in [-0.15, -0.1) is 11.6 Å². The van der Waals surface area contributed by atoms with E-state index >= 15 is 0 Å². The molecular weight excluding hydrogens is 194 g/mol. The zero-order chi connectivity index (χ0) is 10.2. The van der Waals surface area contributed by atoms with Gasteiger partial charge in [0.2, 0.25) is 0 Å². The second-order valence-electron chi connectivity index (χ2n) is 4.11. The van der Waals surface area contributed by atoms with Crippen molar-refractivity contribution in [3.8, 4) is 0 Å². The number of benzene rings is 1. The van der Waals surface area contributed by atoms with E-state index in [0.29, 0.717) is 0 Å². The van der Waals surface area contributed by atoms with Crippen LogP contribution in [0.2, 0.25) is 0 Å². The molecule has 0 amide bonds. The van der Waals surface area contributed by atoms with Crippen LogP contribution in [0.5, 0.6) is 0 Å².